The van der Waals surface area contributed by atoms with Crippen molar-refractivity contribution >= 4 is 35.1 Å². The van der Waals surface area contributed by atoms with E-state index in [0.717, 1.165) is 32.4 Å². The highest BCUT2D eigenvalue weighted by atomic mass is 16.2. The number of nitrogens with one attached hydrogen (secondary N) is 2. The maximum Gasteiger partial charge on any atom is 0.232 e. The van der Waals surface area contributed by atoms with Gasteiger partial charge < -0.3 is 21.3 Å². The fourth-order valence-electron chi connectivity index (χ4n) is 3.72. The molecule has 28 heavy (non-hydrogen) atoms. The number of nitrogens with zero attached hydrogens (tertiary/aromatic N) is 3. The second kappa shape index (κ2) is 7.46. The Morgan fingerprint density at radius 3 is 2.64 bits per heavy atom. The number of nitrogen functional groups attached to an aromatic ring is 1. The van der Waals surface area contributed by atoms with E-state index in [4.69, 9.17) is 5.73 Å². The molecule has 4 rings (SSSR count). The molecule has 4 N–H and O–H groups in total. The molecule has 8 heteroatoms. The minimum Gasteiger partial charge on any atom is -0.383 e. The minimum atomic E-state index is -0.720. The molecule has 146 valence electrons. The summed E-state index contributed by atoms with van der Waals surface area (Å²) in [4.78, 5) is 36.1. The first-order chi connectivity index (χ1) is 13.5. The number of amides is 2. The Labute approximate surface area is 163 Å². The van der Waals surface area contributed by atoms with Gasteiger partial charge in [0.25, 0.3) is 0 Å². The summed E-state index contributed by atoms with van der Waals surface area (Å²) >= 11 is 0. The fourth-order valence-corrected chi connectivity index (χ4v) is 3.72. The van der Waals surface area contributed by atoms with Crippen LogP contribution in [0, 0.1) is 0 Å². The predicted molar refractivity (Wildman–Crippen MR) is 108 cm³/mol. The predicted octanol–water partition coefficient (Wildman–Crippen LogP) is 2.29. The lowest BCUT2D eigenvalue weighted by Gasteiger charge is -2.26. The number of carbonyl (C=O) groups is 2. The molecular weight excluding hydrogens is 356 g/mol. The van der Waals surface area contributed by atoms with Crippen molar-refractivity contribution in [2.45, 2.75) is 38.5 Å². The van der Waals surface area contributed by atoms with Crippen LogP contribution < -0.4 is 21.3 Å². The molecule has 0 radical (unpaired) electrons. The van der Waals surface area contributed by atoms with Crippen molar-refractivity contribution in [1.82, 2.24) is 9.97 Å². The maximum absolute atomic E-state index is 12.9. The molecule has 3 heterocycles. The second-order valence-electron chi connectivity index (χ2n) is 7.21. The van der Waals surface area contributed by atoms with Gasteiger partial charge in [0.1, 0.15) is 11.6 Å². The van der Waals surface area contributed by atoms with E-state index in [0.29, 0.717) is 23.0 Å². The number of aromatic nitrogens is 2. The van der Waals surface area contributed by atoms with Crippen molar-refractivity contribution in [3.63, 3.8) is 0 Å². The smallest absolute Gasteiger partial charge is 0.232 e. The van der Waals surface area contributed by atoms with Gasteiger partial charge >= 0.3 is 0 Å². The van der Waals surface area contributed by atoms with Gasteiger partial charge in [-0.05, 0) is 37.0 Å². The molecule has 0 spiro atoms. The topological polar surface area (TPSA) is 113 Å². The van der Waals surface area contributed by atoms with Crippen molar-refractivity contribution in [1.29, 1.82) is 0 Å². The molecular formula is C20H24N6O2. The number of anilines is 4. The van der Waals surface area contributed by atoms with Gasteiger partial charge in [-0.2, -0.15) is 9.97 Å². The van der Waals surface area contributed by atoms with Crippen LogP contribution in [0.5, 0.6) is 0 Å². The van der Waals surface area contributed by atoms with Crippen LogP contribution in [-0.2, 0) is 16.0 Å². The molecule has 0 aliphatic carbocycles. The van der Waals surface area contributed by atoms with Crippen LogP contribution in [0.25, 0.3) is 0 Å². The Bertz CT molecular complexity index is 906. The summed E-state index contributed by atoms with van der Waals surface area (Å²) in [5.74, 6) is -0.169. The van der Waals surface area contributed by atoms with Crippen LogP contribution in [-0.4, -0.2) is 34.9 Å². The van der Waals surface area contributed by atoms with Gasteiger partial charge in [0, 0.05) is 25.2 Å². The maximum atomic E-state index is 12.9. The van der Waals surface area contributed by atoms with Gasteiger partial charge in [0.2, 0.25) is 17.8 Å². The largest absolute Gasteiger partial charge is 0.383 e. The van der Waals surface area contributed by atoms with E-state index in [1.165, 1.54) is 5.56 Å². The highest BCUT2D eigenvalue weighted by Gasteiger charge is 2.35. The van der Waals surface area contributed by atoms with E-state index in [1.54, 1.807) is 0 Å². The first-order valence-corrected chi connectivity index (χ1v) is 9.67. The first kappa shape index (κ1) is 18.2. The average Bonchev–Trinajstić information content (AvgIpc) is 3.22. The number of hydrogen-bond donors (Lipinski definition) is 3. The Morgan fingerprint density at radius 2 is 1.96 bits per heavy atom. The quantitative estimate of drug-likeness (QED) is 0.750. The highest BCUT2D eigenvalue weighted by Crippen LogP contribution is 2.37. The zero-order valence-electron chi connectivity index (χ0n) is 15.9. The second-order valence-corrected chi connectivity index (χ2v) is 7.21. The summed E-state index contributed by atoms with van der Waals surface area (Å²) in [7, 11) is 0. The van der Waals surface area contributed by atoms with E-state index in [2.05, 4.69) is 27.5 Å². The van der Waals surface area contributed by atoms with Crippen molar-refractivity contribution in [2.24, 2.45) is 0 Å². The van der Waals surface area contributed by atoms with Crippen LogP contribution in [0.15, 0.2) is 24.3 Å². The molecule has 2 amide bonds. The average molecular weight is 380 g/mol. The minimum absolute atomic E-state index is 0.0164. The molecule has 1 saturated heterocycles. The standard InChI is InChI=1S/C20H24N6O2/c1-2-12-5-7-13(8-6-12)22-19(28)14-11-15(27)23-18-16(14)17(21)24-20(25-18)26-9-3-4-10-26/h5-8,14H,2-4,9-11H2,1H3,(H,22,28)(H3,21,23,24,25,27)/t14-/m1/s1. The number of aryl methyl sites for hydroxylation is 1. The van der Waals surface area contributed by atoms with E-state index in [1.807, 2.05) is 29.2 Å². The summed E-state index contributed by atoms with van der Waals surface area (Å²) in [5.41, 5.74) is 8.57. The van der Waals surface area contributed by atoms with Crippen molar-refractivity contribution in [3.8, 4) is 0 Å². The molecule has 0 unspecified atom stereocenters. The molecule has 1 aromatic carbocycles. The lowest BCUT2D eigenvalue weighted by Crippen LogP contribution is -2.33. The molecule has 0 saturated carbocycles. The van der Waals surface area contributed by atoms with E-state index in [-0.39, 0.29) is 24.1 Å². The number of fused-ring (bicyclic) bond motifs is 1. The van der Waals surface area contributed by atoms with Gasteiger partial charge in [-0.15, -0.1) is 0 Å². The fraction of sp³-hybridized carbons (Fsp3) is 0.400. The van der Waals surface area contributed by atoms with E-state index < -0.39 is 5.92 Å². The molecule has 2 aliphatic rings. The van der Waals surface area contributed by atoms with Crippen molar-refractivity contribution < 1.29 is 9.59 Å². The normalized spacial score (nSPS) is 18.5. The third-order valence-electron chi connectivity index (χ3n) is 5.29. The SMILES string of the molecule is CCc1ccc(NC(=O)[C@@H]2CC(=O)Nc3nc(N4CCCC4)nc(N)c32)cc1. The van der Waals surface area contributed by atoms with Crippen molar-refractivity contribution in [3.05, 3.63) is 35.4 Å². The molecule has 2 aliphatic heterocycles. The van der Waals surface area contributed by atoms with Crippen LogP contribution in [0.2, 0.25) is 0 Å². The summed E-state index contributed by atoms with van der Waals surface area (Å²) in [6.07, 6.45) is 3.10. The number of carbonyl (C=O) groups excluding carboxylic acids is 2. The van der Waals surface area contributed by atoms with Gasteiger partial charge in [0.05, 0.1) is 11.5 Å². The number of nitrogens with two attached hydrogens (primary N) is 1. The van der Waals surface area contributed by atoms with Crippen LogP contribution in [0.1, 0.15) is 43.2 Å². The highest BCUT2D eigenvalue weighted by molar-refractivity contribution is 6.05. The molecule has 1 fully saturated rings. The third-order valence-corrected chi connectivity index (χ3v) is 5.29. The molecule has 8 nitrogen and oxygen atoms in total. The van der Waals surface area contributed by atoms with Crippen LogP contribution in [0.3, 0.4) is 0 Å². The first-order valence-electron chi connectivity index (χ1n) is 9.67. The van der Waals surface area contributed by atoms with Crippen molar-refractivity contribution in [2.75, 3.05) is 34.4 Å². The summed E-state index contributed by atoms with van der Waals surface area (Å²) in [6, 6.07) is 7.65. The van der Waals surface area contributed by atoms with Gasteiger partial charge in [-0.1, -0.05) is 19.1 Å². The molecule has 1 aromatic heterocycles. The number of hydrogen-bond acceptors (Lipinski definition) is 6. The number of benzene rings is 1. The Balaban J connectivity index is 1.61. The monoisotopic (exact) mass is 380 g/mol. The lowest BCUT2D eigenvalue weighted by molar-refractivity contribution is -0.123. The zero-order valence-corrected chi connectivity index (χ0v) is 15.9. The molecule has 1 atom stereocenters. The van der Waals surface area contributed by atoms with Gasteiger partial charge in [-0.3, -0.25) is 9.59 Å². The Hall–Kier alpha value is -3.16. The summed E-state index contributed by atoms with van der Waals surface area (Å²) in [5, 5.41) is 5.63. The van der Waals surface area contributed by atoms with Crippen LogP contribution in [0.4, 0.5) is 23.3 Å². The Morgan fingerprint density at radius 1 is 1.25 bits per heavy atom. The molecule has 2 aromatic rings. The van der Waals surface area contributed by atoms with E-state index >= 15 is 0 Å². The number of rotatable bonds is 4. The van der Waals surface area contributed by atoms with Gasteiger partial charge in [0.15, 0.2) is 0 Å². The zero-order chi connectivity index (χ0) is 19.7. The van der Waals surface area contributed by atoms with Crippen LogP contribution >= 0.6 is 0 Å². The van der Waals surface area contributed by atoms with E-state index in [9.17, 15) is 9.59 Å². The van der Waals surface area contributed by atoms with Gasteiger partial charge in [-0.25, -0.2) is 0 Å². The molecule has 0 bridgehead atoms. The Kier molecular flexibility index (Phi) is 4.85. The summed E-state index contributed by atoms with van der Waals surface area (Å²) in [6.45, 7) is 3.80. The summed E-state index contributed by atoms with van der Waals surface area (Å²) < 4.78 is 0. The third kappa shape index (κ3) is 3.49. The lowest BCUT2D eigenvalue weighted by atomic mass is 9.92.